The van der Waals surface area contributed by atoms with Crippen molar-refractivity contribution in [2.45, 2.75) is 13.3 Å². The van der Waals surface area contributed by atoms with Crippen LogP contribution in [0.1, 0.15) is 32.2 Å². The number of aryl methyl sites for hydroxylation is 1. The Morgan fingerprint density at radius 2 is 1.74 bits per heavy atom. The van der Waals surface area contributed by atoms with E-state index in [4.69, 9.17) is 4.42 Å². The van der Waals surface area contributed by atoms with E-state index >= 15 is 0 Å². The Morgan fingerprint density at radius 1 is 1.09 bits per heavy atom. The largest absolute Gasteiger partial charge is 0.466 e. The van der Waals surface area contributed by atoms with Gasteiger partial charge in [0.2, 0.25) is 5.91 Å². The Labute approximate surface area is 133 Å². The molecule has 2 heterocycles. The average molecular weight is 312 g/mol. The first-order valence-corrected chi connectivity index (χ1v) is 7.33. The Balaban J connectivity index is 1.54. The van der Waals surface area contributed by atoms with Crippen molar-refractivity contribution < 1.29 is 18.8 Å². The van der Waals surface area contributed by atoms with Crippen molar-refractivity contribution in [2.24, 2.45) is 0 Å². The lowest BCUT2D eigenvalue weighted by atomic mass is 10.1. The molecular weight excluding hydrogens is 296 g/mol. The number of carbonyl (C=O) groups excluding carboxylic acids is 3. The number of benzene rings is 1. The first-order valence-electron chi connectivity index (χ1n) is 7.33. The molecule has 0 unspecified atom stereocenters. The molecule has 6 nitrogen and oxygen atoms in total. The van der Waals surface area contributed by atoms with Gasteiger partial charge in [0, 0.05) is 13.0 Å². The van der Waals surface area contributed by atoms with Gasteiger partial charge in [-0.2, -0.15) is 0 Å². The molecule has 1 aliphatic heterocycles. The zero-order chi connectivity index (χ0) is 16.4. The number of rotatable bonds is 5. The highest BCUT2D eigenvalue weighted by Crippen LogP contribution is 2.21. The third-order valence-electron chi connectivity index (χ3n) is 3.67. The van der Waals surface area contributed by atoms with Gasteiger partial charge in [-0.25, -0.2) is 0 Å². The summed E-state index contributed by atoms with van der Waals surface area (Å²) in [5.74, 6) is 0.369. The first kappa shape index (κ1) is 15.0. The van der Waals surface area contributed by atoms with Crippen molar-refractivity contribution in [2.75, 3.05) is 13.1 Å². The molecule has 2 aromatic rings. The molecule has 0 spiro atoms. The van der Waals surface area contributed by atoms with Crippen LogP contribution in [0.3, 0.4) is 0 Å². The quantitative estimate of drug-likeness (QED) is 0.849. The van der Waals surface area contributed by atoms with Crippen molar-refractivity contribution in [3.63, 3.8) is 0 Å². The fraction of sp³-hybridized carbons (Fsp3) is 0.235. The molecule has 0 atom stereocenters. The standard InChI is InChI=1S/C17H16N2O4/c1-11-6-7-12(23-11)8-9-18-15(20)10-19-16(21)13-4-2-3-5-14(13)17(19)22/h2-7H,8-10H2,1H3,(H,18,20). The number of nitrogens with one attached hydrogen (secondary N) is 1. The van der Waals surface area contributed by atoms with Crippen molar-refractivity contribution in [1.82, 2.24) is 10.2 Å². The molecule has 1 aromatic carbocycles. The molecule has 0 saturated carbocycles. The Bertz CT molecular complexity index is 743. The zero-order valence-corrected chi connectivity index (χ0v) is 12.7. The predicted molar refractivity (Wildman–Crippen MR) is 82.0 cm³/mol. The highest BCUT2D eigenvalue weighted by molar-refractivity contribution is 6.22. The second-order valence-electron chi connectivity index (χ2n) is 5.35. The molecule has 0 fully saturated rings. The van der Waals surface area contributed by atoms with Crippen LogP contribution in [0.25, 0.3) is 0 Å². The molecule has 1 aliphatic rings. The van der Waals surface area contributed by atoms with Gasteiger partial charge >= 0.3 is 0 Å². The summed E-state index contributed by atoms with van der Waals surface area (Å²) >= 11 is 0. The molecule has 1 aromatic heterocycles. The van der Waals surface area contributed by atoms with Crippen molar-refractivity contribution in [1.29, 1.82) is 0 Å². The van der Waals surface area contributed by atoms with Gasteiger partial charge in [-0.3, -0.25) is 19.3 Å². The van der Waals surface area contributed by atoms with Crippen LogP contribution in [0.5, 0.6) is 0 Å². The van der Waals surface area contributed by atoms with Gasteiger partial charge in [0.05, 0.1) is 11.1 Å². The first-order chi connectivity index (χ1) is 11.1. The van der Waals surface area contributed by atoms with Gasteiger partial charge < -0.3 is 9.73 Å². The van der Waals surface area contributed by atoms with E-state index in [9.17, 15) is 14.4 Å². The van der Waals surface area contributed by atoms with Gasteiger partial charge in [-0.15, -0.1) is 0 Å². The van der Waals surface area contributed by atoms with Gasteiger partial charge in [0.15, 0.2) is 0 Å². The fourth-order valence-electron chi connectivity index (χ4n) is 2.53. The van der Waals surface area contributed by atoms with Crippen LogP contribution in [0, 0.1) is 6.92 Å². The van der Waals surface area contributed by atoms with Crippen molar-refractivity contribution in [3.05, 3.63) is 59.0 Å². The zero-order valence-electron chi connectivity index (χ0n) is 12.7. The van der Waals surface area contributed by atoms with E-state index in [1.807, 2.05) is 19.1 Å². The summed E-state index contributed by atoms with van der Waals surface area (Å²) in [5.41, 5.74) is 0.688. The molecule has 6 heteroatoms. The van der Waals surface area contributed by atoms with Crippen LogP contribution in [0.15, 0.2) is 40.8 Å². The molecule has 118 valence electrons. The number of carbonyl (C=O) groups is 3. The maximum Gasteiger partial charge on any atom is 0.262 e. The summed E-state index contributed by atoms with van der Waals surface area (Å²) in [6.07, 6.45) is 0.557. The number of hydrogen-bond acceptors (Lipinski definition) is 4. The molecule has 0 radical (unpaired) electrons. The number of hydrogen-bond donors (Lipinski definition) is 1. The molecule has 23 heavy (non-hydrogen) atoms. The summed E-state index contributed by atoms with van der Waals surface area (Å²) in [5, 5.41) is 2.69. The summed E-state index contributed by atoms with van der Waals surface area (Å²) in [6, 6.07) is 10.3. The van der Waals surface area contributed by atoms with Crippen LogP contribution in [0.2, 0.25) is 0 Å². The van der Waals surface area contributed by atoms with E-state index in [-0.39, 0.29) is 12.5 Å². The molecule has 1 N–H and O–H groups in total. The summed E-state index contributed by atoms with van der Waals surface area (Å²) in [7, 11) is 0. The topological polar surface area (TPSA) is 79.6 Å². The van der Waals surface area contributed by atoms with E-state index < -0.39 is 11.8 Å². The van der Waals surface area contributed by atoms with Crippen LogP contribution >= 0.6 is 0 Å². The molecular formula is C17H16N2O4. The van der Waals surface area contributed by atoms with Crippen molar-refractivity contribution in [3.8, 4) is 0 Å². The highest BCUT2D eigenvalue weighted by Gasteiger charge is 2.36. The lowest BCUT2D eigenvalue weighted by molar-refractivity contribution is -0.121. The smallest absolute Gasteiger partial charge is 0.262 e. The van der Waals surface area contributed by atoms with Crippen molar-refractivity contribution >= 4 is 17.7 Å². The maximum absolute atomic E-state index is 12.2. The minimum absolute atomic E-state index is 0.274. The minimum atomic E-state index is -0.428. The molecule has 0 bridgehead atoms. The lowest BCUT2D eigenvalue weighted by Gasteiger charge is -2.13. The van der Waals surface area contributed by atoms with Crippen LogP contribution in [-0.2, 0) is 11.2 Å². The number of nitrogens with zero attached hydrogens (tertiary/aromatic N) is 1. The lowest BCUT2D eigenvalue weighted by Crippen LogP contribution is -2.40. The monoisotopic (exact) mass is 312 g/mol. The van der Waals surface area contributed by atoms with E-state index in [0.29, 0.717) is 24.1 Å². The number of amides is 3. The van der Waals surface area contributed by atoms with Gasteiger partial charge in [-0.1, -0.05) is 12.1 Å². The normalized spacial score (nSPS) is 13.3. The summed E-state index contributed by atoms with van der Waals surface area (Å²) < 4.78 is 5.41. The predicted octanol–water partition coefficient (Wildman–Crippen LogP) is 1.54. The Morgan fingerprint density at radius 3 is 2.30 bits per heavy atom. The van der Waals surface area contributed by atoms with E-state index in [0.717, 1.165) is 16.4 Å². The second kappa shape index (κ2) is 6.08. The van der Waals surface area contributed by atoms with Gasteiger partial charge in [0.1, 0.15) is 18.1 Å². The fourth-order valence-corrected chi connectivity index (χ4v) is 2.53. The molecule has 3 rings (SSSR count). The van der Waals surface area contributed by atoms with E-state index in [1.54, 1.807) is 24.3 Å². The second-order valence-corrected chi connectivity index (χ2v) is 5.35. The molecule has 3 amide bonds. The SMILES string of the molecule is Cc1ccc(CCNC(=O)CN2C(=O)c3ccccc3C2=O)o1. The Hall–Kier alpha value is -2.89. The van der Waals surface area contributed by atoms with E-state index in [2.05, 4.69) is 5.32 Å². The highest BCUT2D eigenvalue weighted by atomic mass is 16.3. The van der Waals surface area contributed by atoms with Gasteiger partial charge in [-0.05, 0) is 31.2 Å². The van der Waals surface area contributed by atoms with Crippen LogP contribution in [-0.4, -0.2) is 35.7 Å². The summed E-state index contributed by atoms with van der Waals surface area (Å²) in [6.45, 7) is 1.96. The Kier molecular flexibility index (Phi) is 3.97. The number of fused-ring (bicyclic) bond motifs is 1. The summed E-state index contributed by atoms with van der Waals surface area (Å²) in [4.78, 5) is 37.2. The number of furan rings is 1. The third kappa shape index (κ3) is 3.01. The van der Waals surface area contributed by atoms with Gasteiger partial charge in [0.25, 0.3) is 11.8 Å². The number of imide groups is 1. The third-order valence-corrected chi connectivity index (χ3v) is 3.67. The van der Waals surface area contributed by atoms with Crippen LogP contribution in [0.4, 0.5) is 0 Å². The minimum Gasteiger partial charge on any atom is -0.466 e. The maximum atomic E-state index is 12.2. The molecule has 0 aliphatic carbocycles. The molecule has 0 saturated heterocycles. The van der Waals surface area contributed by atoms with E-state index in [1.165, 1.54) is 0 Å². The van der Waals surface area contributed by atoms with Crippen LogP contribution < -0.4 is 5.32 Å². The average Bonchev–Trinajstić information content (AvgIpc) is 3.05.